The average molecular weight is 358 g/mol. The van der Waals surface area contributed by atoms with Crippen LogP contribution in [0.1, 0.15) is 64.9 Å². The third-order valence-electron chi connectivity index (χ3n) is 5.54. The Kier molecular flexibility index (Phi) is 5.54. The molecule has 1 heterocycles. The molecule has 0 spiro atoms. The van der Waals surface area contributed by atoms with Gasteiger partial charge in [0.05, 0.1) is 6.10 Å². The number of amides is 2. The maximum atomic E-state index is 12.9. The second-order valence-electron chi connectivity index (χ2n) is 8.02. The van der Waals surface area contributed by atoms with Crippen LogP contribution in [-0.4, -0.2) is 34.4 Å². The van der Waals surface area contributed by atoms with E-state index in [1.165, 1.54) is 12.8 Å². The summed E-state index contributed by atoms with van der Waals surface area (Å²) in [7, 11) is 0. The fraction of sp³-hybridized carbons (Fsp3) is 0.619. The van der Waals surface area contributed by atoms with E-state index in [1.54, 1.807) is 4.90 Å². The lowest BCUT2D eigenvalue weighted by Gasteiger charge is -2.35. The Bertz CT molecular complexity index is 650. The molecular weight excluding hydrogens is 328 g/mol. The molecule has 1 aliphatic heterocycles. The standard InChI is InChI=1S/C21H30N2O3/c1-15(2)26-18-10-8-16(9-11-18)14-23-19(24)12-13-21(23,3)20(25)22-17-6-4-5-7-17/h8-11,15,17H,4-7,12-14H2,1-3H3,(H,22,25). The molecule has 142 valence electrons. The number of hydrogen-bond acceptors (Lipinski definition) is 3. The first-order valence-electron chi connectivity index (χ1n) is 9.75. The fourth-order valence-electron chi connectivity index (χ4n) is 3.93. The maximum absolute atomic E-state index is 12.9. The summed E-state index contributed by atoms with van der Waals surface area (Å²) in [5.74, 6) is 0.866. The van der Waals surface area contributed by atoms with Crippen LogP contribution in [0.5, 0.6) is 5.75 Å². The van der Waals surface area contributed by atoms with Crippen molar-refractivity contribution in [2.45, 2.75) is 83.5 Å². The highest BCUT2D eigenvalue weighted by atomic mass is 16.5. The van der Waals surface area contributed by atoms with E-state index in [0.29, 0.717) is 19.4 Å². The van der Waals surface area contributed by atoms with Crippen molar-refractivity contribution in [3.8, 4) is 5.75 Å². The van der Waals surface area contributed by atoms with Crippen LogP contribution in [-0.2, 0) is 16.1 Å². The van der Waals surface area contributed by atoms with E-state index in [1.807, 2.05) is 45.0 Å². The minimum Gasteiger partial charge on any atom is -0.491 e. The van der Waals surface area contributed by atoms with Crippen molar-refractivity contribution in [1.82, 2.24) is 10.2 Å². The predicted molar refractivity (Wildman–Crippen MR) is 101 cm³/mol. The summed E-state index contributed by atoms with van der Waals surface area (Å²) in [6.45, 7) is 6.34. The second kappa shape index (κ2) is 7.68. The Morgan fingerprint density at radius 2 is 1.92 bits per heavy atom. The first-order valence-corrected chi connectivity index (χ1v) is 9.75. The van der Waals surface area contributed by atoms with E-state index >= 15 is 0 Å². The van der Waals surface area contributed by atoms with Crippen molar-refractivity contribution >= 4 is 11.8 Å². The van der Waals surface area contributed by atoms with Crippen molar-refractivity contribution < 1.29 is 14.3 Å². The minimum absolute atomic E-state index is 0.00462. The van der Waals surface area contributed by atoms with E-state index in [0.717, 1.165) is 24.2 Å². The molecule has 2 amide bonds. The van der Waals surface area contributed by atoms with Crippen LogP contribution in [0.4, 0.5) is 0 Å². The van der Waals surface area contributed by atoms with Crippen LogP contribution in [0, 0.1) is 0 Å². The van der Waals surface area contributed by atoms with Crippen molar-refractivity contribution in [1.29, 1.82) is 0 Å². The lowest BCUT2D eigenvalue weighted by Crippen LogP contribution is -2.55. The highest BCUT2D eigenvalue weighted by Crippen LogP contribution is 2.33. The summed E-state index contributed by atoms with van der Waals surface area (Å²) >= 11 is 0. The smallest absolute Gasteiger partial charge is 0.245 e. The van der Waals surface area contributed by atoms with Crippen LogP contribution >= 0.6 is 0 Å². The maximum Gasteiger partial charge on any atom is 0.245 e. The molecule has 1 N–H and O–H groups in total. The summed E-state index contributed by atoms with van der Waals surface area (Å²) in [5.41, 5.74) is 0.253. The largest absolute Gasteiger partial charge is 0.491 e. The Morgan fingerprint density at radius 1 is 1.27 bits per heavy atom. The first-order chi connectivity index (χ1) is 12.4. The van der Waals surface area contributed by atoms with E-state index in [4.69, 9.17) is 4.74 Å². The monoisotopic (exact) mass is 358 g/mol. The topological polar surface area (TPSA) is 58.6 Å². The van der Waals surface area contributed by atoms with Gasteiger partial charge in [-0.3, -0.25) is 9.59 Å². The van der Waals surface area contributed by atoms with Crippen LogP contribution in [0.3, 0.4) is 0 Å². The SMILES string of the molecule is CC(C)Oc1ccc(CN2C(=O)CCC2(C)C(=O)NC2CCCC2)cc1. The minimum atomic E-state index is -0.757. The molecule has 26 heavy (non-hydrogen) atoms. The number of nitrogens with zero attached hydrogens (tertiary/aromatic N) is 1. The van der Waals surface area contributed by atoms with Crippen LogP contribution in [0.2, 0.25) is 0 Å². The molecule has 1 aliphatic carbocycles. The van der Waals surface area contributed by atoms with Crippen LogP contribution < -0.4 is 10.1 Å². The molecule has 0 radical (unpaired) electrons. The normalized spacial score (nSPS) is 23.7. The van der Waals surface area contributed by atoms with Gasteiger partial charge in [0, 0.05) is 19.0 Å². The summed E-state index contributed by atoms with van der Waals surface area (Å²) in [6, 6.07) is 8.05. The van der Waals surface area contributed by atoms with Crippen LogP contribution in [0.25, 0.3) is 0 Å². The van der Waals surface area contributed by atoms with Gasteiger partial charge in [-0.05, 0) is 57.7 Å². The van der Waals surface area contributed by atoms with E-state index < -0.39 is 5.54 Å². The van der Waals surface area contributed by atoms with E-state index in [-0.39, 0.29) is 24.0 Å². The highest BCUT2D eigenvalue weighted by molar-refractivity contribution is 5.94. The zero-order chi connectivity index (χ0) is 18.7. The van der Waals surface area contributed by atoms with Gasteiger partial charge in [-0.1, -0.05) is 25.0 Å². The molecular formula is C21H30N2O3. The van der Waals surface area contributed by atoms with Gasteiger partial charge < -0.3 is 15.0 Å². The summed E-state index contributed by atoms with van der Waals surface area (Å²) < 4.78 is 5.67. The third kappa shape index (κ3) is 4.02. The molecule has 1 atom stereocenters. The zero-order valence-electron chi connectivity index (χ0n) is 16.1. The van der Waals surface area contributed by atoms with Crippen molar-refractivity contribution in [2.75, 3.05) is 0 Å². The number of likely N-dealkylation sites (tertiary alicyclic amines) is 1. The van der Waals surface area contributed by atoms with Crippen molar-refractivity contribution in [3.05, 3.63) is 29.8 Å². The van der Waals surface area contributed by atoms with Crippen LogP contribution in [0.15, 0.2) is 24.3 Å². The molecule has 0 bridgehead atoms. The Morgan fingerprint density at radius 3 is 2.54 bits per heavy atom. The van der Waals surface area contributed by atoms with Gasteiger partial charge in [0.2, 0.25) is 11.8 Å². The summed E-state index contributed by atoms with van der Waals surface area (Å²) in [4.78, 5) is 27.1. The fourth-order valence-corrected chi connectivity index (χ4v) is 3.93. The molecule has 0 aromatic heterocycles. The van der Waals surface area contributed by atoms with E-state index in [9.17, 15) is 9.59 Å². The molecule has 1 saturated carbocycles. The van der Waals surface area contributed by atoms with Gasteiger partial charge >= 0.3 is 0 Å². The molecule has 1 aromatic rings. The lowest BCUT2D eigenvalue weighted by molar-refractivity contribution is -0.141. The Labute approximate surface area is 156 Å². The molecule has 3 rings (SSSR count). The van der Waals surface area contributed by atoms with Gasteiger partial charge in [-0.25, -0.2) is 0 Å². The molecule has 1 unspecified atom stereocenters. The molecule has 2 fully saturated rings. The number of rotatable bonds is 6. The lowest BCUT2D eigenvalue weighted by atomic mass is 9.96. The highest BCUT2D eigenvalue weighted by Gasteiger charge is 2.47. The van der Waals surface area contributed by atoms with Gasteiger partial charge in [0.25, 0.3) is 0 Å². The number of ether oxygens (including phenoxy) is 1. The zero-order valence-corrected chi connectivity index (χ0v) is 16.1. The number of benzene rings is 1. The molecule has 1 aromatic carbocycles. The van der Waals surface area contributed by atoms with Gasteiger partial charge in [-0.2, -0.15) is 0 Å². The summed E-state index contributed by atoms with van der Waals surface area (Å²) in [5, 5.41) is 3.18. The number of nitrogens with one attached hydrogen (secondary N) is 1. The van der Waals surface area contributed by atoms with E-state index in [2.05, 4.69) is 5.32 Å². The van der Waals surface area contributed by atoms with Gasteiger partial charge in [0.1, 0.15) is 11.3 Å². The van der Waals surface area contributed by atoms with Crippen molar-refractivity contribution in [3.63, 3.8) is 0 Å². The summed E-state index contributed by atoms with van der Waals surface area (Å²) in [6.07, 6.45) is 5.59. The van der Waals surface area contributed by atoms with Gasteiger partial charge in [0.15, 0.2) is 0 Å². The molecule has 2 aliphatic rings. The second-order valence-corrected chi connectivity index (χ2v) is 8.02. The predicted octanol–water partition coefficient (Wildman–Crippen LogP) is 3.41. The van der Waals surface area contributed by atoms with Gasteiger partial charge in [-0.15, -0.1) is 0 Å². The average Bonchev–Trinajstić information content (AvgIpc) is 3.20. The third-order valence-corrected chi connectivity index (χ3v) is 5.54. The number of carbonyl (C=O) groups excluding carboxylic acids is 2. The Balaban J connectivity index is 1.69. The number of hydrogen-bond donors (Lipinski definition) is 1. The first kappa shape index (κ1) is 18.7. The quantitative estimate of drug-likeness (QED) is 0.848. The molecule has 1 saturated heterocycles. The van der Waals surface area contributed by atoms with Crippen molar-refractivity contribution in [2.24, 2.45) is 0 Å². The Hall–Kier alpha value is -2.04. The number of carbonyl (C=O) groups is 2. The molecule has 5 heteroatoms. The molecule has 5 nitrogen and oxygen atoms in total.